The highest BCUT2D eigenvalue weighted by molar-refractivity contribution is 6.03. The second-order valence-electron chi connectivity index (χ2n) is 7.38. The zero-order valence-electron chi connectivity index (χ0n) is 17.8. The van der Waals surface area contributed by atoms with Crippen LogP contribution in [0.25, 0.3) is 0 Å². The molecule has 0 fully saturated rings. The van der Waals surface area contributed by atoms with Crippen LogP contribution in [-0.4, -0.2) is 51.0 Å². The standard InChI is InChI=1S/C21H31NO7/c1-21(2,3)29-20(25)22-12-8-6-7-9-13-28-15-10-11-16(18(23)26-4)17(14-15)19(24)27-5/h10-11,14H,6-9,12-13H2,1-5H3,(H,22,25). The topological polar surface area (TPSA) is 100 Å². The van der Waals surface area contributed by atoms with Crippen molar-refractivity contribution >= 4 is 18.0 Å². The van der Waals surface area contributed by atoms with Gasteiger partial charge in [0.1, 0.15) is 11.4 Å². The molecular weight excluding hydrogens is 378 g/mol. The number of hydrogen-bond acceptors (Lipinski definition) is 7. The van der Waals surface area contributed by atoms with Crippen LogP contribution in [0.1, 0.15) is 67.2 Å². The summed E-state index contributed by atoms with van der Waals surface area (Å²) in [5, 5.41) is 2.72. The van der Waals surface area contributed by atoms with Crippen molar-refractivity contribution in [2.45, 2.75) is 52.1 Å². The summed E-state index contributed by atoms with van der Waals surface area (Å²) in [5.41, 5.74) is -0.265. The molecule has 1 aromatic carbocycles. The maximum atomic E-state index is 11.9. The molecule has 0 aliphatic carbocycles. The van der Waals surface area contributed by atoms with Gasteiger partial charge in [-0.3, -0.25) is 0 Å². The first-order valence-corrected chi connectivity index (χ1v) is 9.58. The number of carbonyl (C=O) groups is 3. The summed E-state index contributed by atoms with van der Waals surface area (Å²) in [4.78, 5) is 35.2. The number of rotatable bonds is 10. The van der Waals surface area contributed by atoms with Gasteiger partial charge in [-0.05, 0) is 51.8 Å². The fraction of sp³-hybridized carbons (Fsp3) is 0.571. The predicted molar refractivity (Wildman–Crippen MR) is 107 cm³/mol. The van der Waals surface area contributed by atoms with E-state index < -0.39 is 23.6 Å². The van der Waals surface area contributed by atoms with E-state index in [0.717, 1.165) is 25.7 Å². The van der Waals surface area contributed by atoms with E-state index in [9.17, 15) is 14.4 Å². The van der Waals surface area contributed by atoms with Gasteiger partial charge in [-0.25, -0.2) is 14.4 Å². The maximum absolute atomic E-state index is 11.9. The second-order valence-corrected chi connectivity index (χ2v) is 7.38. The normalized spacial score (nSPS) is 10.8. The molecule has 0 saturated heterocycles. The molecule has 8 heteroatoms. The molecule has 1 amide bonds. The highest BCUT2D eigenvalue weighted by Gasteiger charge is 2.19. The highest BCUT2D eigenvalue weighted by Crippen LogP contribution is 2.20. The van der Waals surface area contributed by atoms with Gasteiger partial charge in [0.15, 0.2) is 0 Å². The minimum atomic E-state index is -0.631. The van der Waals surface area contributed by atoms with E-state index in [1.807, 2.05) is 20.8 Å². The van der Waals surface area contributed by atoms with Crippen molar-refractivity contribution in [1.29, 1.82) is 0 Å². The van der Waals surface area contributed by atoms with Crippen LogP contribution in [0.2, 0.25) is 0 Å². The van der Waals surface area contributed by atoms with Crippen LogP contribution in [0.15, 0.2) is 18.2 Å². The van der Waals surface area contributed by atoms with Gasteiger partial charge in [-0.1, -0.05) is 12.8 Å². The van der Waals surface area contributed by atoms with E-state index in [-0.39, 0.29) is 11.1 Å². The lowest BCUT2D eigenvalue weighted by Crippen LogP contribution is -2.32. The first-order valence-electron chi connectivity index (χ1n) is 9.58. The predicted octanol–water partition coefficient (Wildman–Crippen LogP) is 3.72. The molecule has 8 nitrogen and oxygen atoms in total. The molecule has 0 radical (unpaired) electrons. The van der Waals surface area contributed by atoms with Crippen LogP contribution >= 0.6 is 0 Å². The minimum absolute atomic E-state index is 0.102. The van der Waals surface area contributed by atoms with Gasteiger partial charge in [0.05, 0.1) is 32.0 Å². The summed E-state index contributed by atoms with van der Waals surface area (Å²) >= 11 is 0. The highest BCUT2D eigenvalue weighted by atomic mass is 16.6. The Morgan fingerprint density at radius 1 is 0.897 bits per heavy atom. The van der Waals surface area contributed by atoms with E-state index in [0.29, 0.717) is 18.9 Å². The molecule has 162 valence electrons. The van der Waals surface area contributed by atoms with E-state index in [2.05, 4.69) is 10.1 Å². The number of nitrogens with one attached hydrogen (secondary N) is 1. The lowest BCUT2D eigenvalue weighted by Gasteiger charge is -2.19. The van der Waals surface area contributed by atoms with Crippen molar-refractivity contribution in [3.8, 4) is 5.75 Å². The third kappa shape index (κ3) is 9.32. The van der Waals surface area contributed by atoms with Gasteiger partial charge < -0.3 is 24.3 Å². The van der Waals surface area contributed by atoms with Crippen molar-refractivity contribution in [3.05, 3.63) is 29.3 Å². The lowest BCUT2D eigenvalue weighted by molar-refractivity contribution is 0.0525. The number of hydrogen-bond donors (Lipinski definition) is 1. The summed E-state index contributed by atoms with van der Waals surface area (Å²) < 4.78 is 20.2. The summed E-state index contributed by atoms with van der Waals surface area (Å²) in [6.07, 6.45) is 3.13. The first kappa shape index (κ1) is 24.3. The number of alkyl carbamates (subject to hydrolysis) is 1. The smallest absolute Gasteiger partial charge is 0.407 e. The molecule has 0 atom stereocenters. The molecule has 0 aliphatic rings. The number of unbranched alkanes of at least 4 members (excludes halogenated alkanes) is 3. The Morgan fingerprint density at radius 3 is 2.14 bits per heavy atom. The van der Waals surface area contributed by atoms with Gasteiger partial charge in [0.2, 0.25) is 0 Å². The monoisotopic (exact) mass is 409 g/mol. The average Bonchev–Trinajstić information content (AvgIpc) is 2.67. The van der Waals surface area contributed by atoms with Crippen molar-refractivity contribution < 1.29 is 33.3 Å². The molecule has 1 aromatic rings. The zero-order chi connectivity index (χ0) is 21.9. The maximum Gasteiger partial charge on any atom is 0.407 e. The van der Waals surface area contributed by atoms with Crippen molar-refractivity contribution in [2.75, 3.05) is 27.4 Å². The van der Waals surface area contributed by atoms with Crippen molar-refractivity contribution in [2.24, 2.45) is 0 Å². The number of ether oxygens (including phenoxy) is 4. The van der Waals surface area contributed by atoms with Crippen molar-refractivity contribution in [3.63, 3.8) is 0 Å². The van der Waals surface area contributed by atoms with E-state index in [1.165, 1.54) is 26.4 Å². The van der Waals surface area contributed by atoms with Gasteiger partial charge in [-0.15, -0.1) is 0 Å². The summed E-state index contributed by atoms with van der Waals surface area (Å²) in [6.45, 7) is 6.50. The SMILES string of the molecule is COC(=O)c1ccc(OCCCCCCNC(=O)OC(C)(C)C)cc1C(=O)OC. The Kier molecular flexibility index (Phi) is 9.99. The average molecular weight is 409 g/mol. The molecule has 0 aliphatic heterocycles. The second kappa shape index (κ2) is 11.9. The third-order valence-corrected chi connectivity index (χ3v) is 3.81. The number of benzene rings is 1. The number of esters is 2. The Bertz CT molecular complexity index is 695. The molecule has 1 rings (SSSR count). The molecule has 1 N–H and O–H groups in total. The Balaban J connectivity index is 2.33. The van der Waals surface area contributed by atoms with Gasteiger partial charge >= 0.3 is 18.0 Å². The minimum Gasteiger partial charge on any atom is -0.494 e. The third-order valence-electron chi connectivity index (χ3n) is 3.81. The first-order chi connectivity index (χ1) is 13.7. The van der Waals surface area contributed by atoms with Crippen LogP contribution < -0.4 is 10.1 Å². The molecule has 0 bridgehead atoms. The van der Waals surface area contributed by atoms with E-state index >= 15 is 0 Å². The van der Waals surface area contributed by atoms with Crippen LogP contribution in [0.3, 0.4) is 0 Å². The molecule has 0 aromatic heterocycles. The van der Waals surface area contributed by atoms with Gasteiger partial charge in [0, 0.05) is 6.54 Å². The van der Waals surface area contributed by atoms with Crippen LogP contribution in [0, 0.1) is 0 Å². The fourth-order valence-electron chi connectivity index (χ4n) is 2.46. The molecule has 0 saturated carbocycles. The Labute approximate surface area is 171 Å². The van der Waals surface area contributed by atoms with Crippen LogP contribution in [0.4, 0.5) is 4.79 Å². The molecule has 0 heterocycles. The van der Waals surface area contributed by atoms with Crippen molar-refractivity contribution in [1.82, 2.24) is 5.32 Å². The molecule has 0 unspecified atom stereocenters. The van der Waals surface area contributed by atoms with Crippen LogP contribution in [0.5, 0.6) is 5.75 Å². The summed E-state index contributed by atoms with van der Waals surface area (Å²) in [7, 11) is 2.49. The van der Waals surface area contributed by atoms with E-state index in [4.69, 9.17) is 14.2 Å². The largest absolute Gasteiger partial charge is 0.494 e. The summed E-state index contributed by atoms with van der Waals surface area (Å²) in [6, 6.07) is 4.57. The number of carbonyl (C=O) groups excluding carboxylic acids is 3. The fourth-order valence-corrected chi connectivity index (χ4v) is 2.46. The lowest BCUT2D eigenvalue weighted by atomic mass is 10.1. The summed E-state index contributed by atoms with van der Waals surface area (Å²) in [5.74, 6) is -0.769. The van der Waals surface area contributed by atoms with Gasteiger partial charge in [0.25, 0.3) is 0 Å². The quantitative estimate of drug-likeness (QED) is 0.357. The molecule has 29 heavy (non-hydrogen) atoms. The van der Waals surface area contributed by atoms with E-state index in [1.54, 1.807) is 6.07 Å². The Hall–Kier alpha value is -2.77. The molecule has 0 spiro atoms. The number of amides is 1. The number of methoxy groups -OCH3 is 2. The molecular formula is C21H31NO7. The van der Waals surface area contributed by atoms with Crippen LogP contribution in [-0.2, 0) is 14.2 Å². The Morgan fingerprint density at radius 2 is 1.52 bits per heavy atom. The van der Waals surface area contributed by atoms with Gasteiger partial charge in [-0.2, -0.15) is 0 Å². The zero-order valence-corrected chi connectivity index (χ0v) is 17.8.